The van der Waals surface area contributed by atoms with Crippen molar-refractivity contribution < 1.29 is 9.90 Å². The minimum atomic E-state index is -0.475. The van der Waals surface area contributed by atoms with Gasteiger partial charge in [-0.25, -0.2) is 0 Å². The molecule has 1 aromatic carbocycles. The van der Waals surface area contributed by atoms with Gasteiger partial charge in [-0.1, -0.05) is 12.1 Å². The lowest BCUT2D eigenvalue weighted by Gasteiger charge is -2.01. The Balaban J connectivity index is 2.71. The minimum absolute atomic E-state index is 0.0106. The Hall–Kier alpha value is -1.79. The maximum atomic E-state index is 10.7. The first kappa shape index (κ1) is 9.30. The summed E-state index contributed by atoms with van der Waals surface area (Å²) >= 11 is 0. The highest BCUT2D eigenvalue weighted by atomic mass is 16.3. The van der Waals surface area contributed by atoms with E-state index in [1.165, 1.54) is 0 Å². The van der Waals surface area contributed by atoms with Crippen LogP contribution in [0.1, 0.15) is 5.56 Å². The van der Waals surface area contributed by atoms with E-state index in [1.54, 1.807) is 24.3 Å². The third-order valence-electron chi connectivity index (χ3n) is 1.53. The maximum Gasteiger partial charge on any atom is 0.300 e. The van der Waals surface area contributed by atoms with Gasteiger partial charge in [-0.3, -0.25) is 4.79 Å². The third-order valence-corrected chi connectivity index (χ3v) is 1.53. The second-order valence-corrected chi connectivity index (χ2v) is 2.45. The summed E-state index contributed by atoms with van der Waals surface area (Å²) in [7, 11) is 0. The lowest BCUT2D eigenvalue weighted by molar-refractivity contribution is -0.111. The average molecular weight is 175 g/mol. The Kier molecular flexibility index (Phi) is 3.07. The van der Waals surface area contributed by atoms with Crippen molar-refractivity contribution in [2.24, 2.45) is 0 Å². The molecule has 0 spiro atoms. The first-order valence-electron chi connectivity index (χ1n) is 3.73. The summed E-state index contributed by atoms with van der Waals surface area (Å²) in [5.74, 6) is 1.47. The molecule has 0 unspecified atom stereocenters. The van der Waals surface area contributed by atoms with E-state index >= 15 is 0 Å². The number of aliphatic hydroxyl groups excluding tert-OH is 1. The zero-order valence-electron chi connectivity index (χ0n) is 6.95. The molecule has 1 rings (SSSR count). The highest BCUT2D eigenvalue weighted by Crippen LogP contribution is 2.08. The zero-order chi connectivity index (χ0) is 9.68. The van der Waals surface area contributed by atoms with E-state index in [0.717, 1.165) is 5.56 Å². The fourth-order valence-corrected chi connectivity index (χ4v) is 0.861. The summed E-state index contributed by atoms with van der Waals surface area (Å²) in [6, 6.07) is 6.79. The molecule has 1 amide bonds. The van der Waals surface area contributed by atoms with E-state index in [4.69, 9.17) is 11.5 Å². The zero-order valence-corrected chi connectivity index (χ0v) is 6.95. The highest BCUT2D eigenvalue weighted by Gasteiger charge is 1.96. The molecule has 0 aliphatic rings. The molecule has 0 saturated carbocycles. The molecule has 13 heavy (non-hydrogen) atoms. The number of carbonyl (C=O) groups is 1. The normalized spacial score (nSPS) is 8.92. The Bertz CT molecular complexity index is 335. The minimum Gasteiger partial charge on any atom is -0.392 e. The molecule has 0 saturated heterocycles. The molecule has 0 fully saturated rings. The predicted molar refractivity (Wildman–Crippen MR) is 49.8 cm³/mol. The van der Waals surface area contributed by atoms with Gasteiger partial charge in [0.1, 0.15) is 0 Å². The van der Waals surface area contributed by atoms with Gasteiger partial charge in [-0.15, -0.1) is 6.42 Å². The van der Waals surface area contributed by atoms with Gasteiger partial charge < -0.3 is 10.4 Å². The van der Waals surface area contributed by atoms with Gasteiger partial charge in [0.05, 0.1) is 6.61 Å². The first-order chi connectivity index (χ1) is 6.26. The Morgan fingerprint density at radius 2 is 2.08 bits per heavy atom. The fourth-order valence-electron chi connectivity index (χ4n) is 0.861. The molecular formula is C10H9NO2. The number of amides is 1. The van der Waals surface area contributed by atoms with Crippen LogP contribution in [0.3, 0.4) is 0 Å². The Labute approximate surface area is 76.4 Å². The molecule has 0 aliphatic heterocycles. The van der Waals surface area contributed by atoms with E-state index in [-0.39, 0.29) is 6.61 Å². The van der Waals surface area contributed by atoms with Crippen molar-refractivity contribution in [2.75, 3.05) is 5.32 Å². The SMILES string of the molecule is C#CC(=O)Nc1ccc(CO)cc1. The first-order valence-corrected chi connectivity index (χ1v) is 3.73. The summed E-state index contributed by atoms with van der Waals surface area (Å²) in [6.45, 7) is -0.0106. The molecule has 0 atom stereocenters. The molecule has 2 N–H and O–H groups in total. The molecule has 0 bridgehead atoms. The molecule has 1 aromatic rings. The number of nitrogens with one attached hydrogen (secondary N) is 1. The van der Waals surface area contributed by atoms with Gasteiger partial charge in [-0.05, 0) is 23.6 Å². The number of rotatable bonds is 2. The van der Waals surface area contributed by atoms with Crippen LogP contribution in [-0.4, -0.2) is 11.0 Å². The van der Waals surface area contributed by atoms with Crippen LogP contribution < -0.4 is 5.32 Å². The summed E-state index contributed by atoms with van der Waals surface area (Å²) in [6.07, 6.45) is 4.87. The van der Waals surface area contributed by atoms with E-state index < -0.39 is 5.91 Å². The number of terminal acetylenes is 1. The maximum absolute atomic E-state index is 10.7. The number of benzene rings is 1. The second kappa shape index (κ2) is 4.29. The van der Waals surface area contributed by atoms with Gasteiger partial charge in [0.25, 0.3) is 5.91 Å². The predicted octanol–water partition coefficient (Wildman–Crippen LogP) is 0.751. The smallest absolute Gasteiger partial charge is 0.300 e. The van der Waals surface area contributed by atoms with Crippen LogP contribution >= 0.6 is 0 Å². The summed E-state index contributed by atoms with van der Waals surface area (Å²) < 4.78 is 0. The summed E-state index contributed by atoms with van der Waals surface area (Å²) in [5.41, 5.74) is 1.42. The molecule has 0 aromatic heterocycles. The molecule has 66 valence electrons. The topological polar surface area (TPSA) is 49.3 Å². The van der Waals surface area contributed by atoms with Crippen molar-refractivity contribution >= 4 is 11.6 Å². The fraction of sp³-hybridized carbons (Fsp3) is 0.100. The van der Waals surface area contributed by atoms with Crippen molar-refractivity contribution in [2.45, 2.75) is 6.61 Å². The van der Waals surface area contributed by atoms with Crippen molar-refractivity contribution in [1.82, 2.24) is 0 Å². The van der Waals surface area contributed by atoms with Crippen LogP contribution in [0, 0.1) is 12.3 Å². The monoisotopic (exact) mass is 175 g/mol. The number of carbonyl (C=O) groups excluding carboxylic acids is 1. The van der Waals surface area contributed by atoms with Gasteiger partial charge in [0, 0.05) is 5.69 Å². The average Bonchev–Trinajstić information content (AvgIpc) is 2.19. The van der Waals surface area contributed by atoms with Crippen LogP contribution in [-0.2, 0) is 11.4 Å². The Morgan fingerprint density at radius 1 is 1.46 bits per heavy atom. The second-order valence-electron chi connectivity index (χ2n) is 2.45. The van der Waals surface area contributed by atoms with Crippen LogP contribution in [0.2, 0.25) is 0 Å². The van der Waals surface area contributed by atoms with E-state index in [9.17, 15) is 4.79 Å². The lowest BCUT2D eigenvalue weighted by atomic mass is 10.2. The quantitative estimate of drug-likeness (QED) is 0.651. The standard InChI is InChI=1S/C10H9NO2/c1-2-10(13)11-9-5-3-8(7-12)4-6-9/h1,3-6,12H,7H2,(H,11,13). The number of anilines is 1. The molecular weight excluding hydrogens is 166 g/mol. The van der Waals surface area contributed by atoms with E-state index in [1.807, 2.05) is 5.92 Å². The van der Waals surface area contributed by atoms with Crippen LogP contribution in [0.15, 0.2) is 24.3 Å². The summed E-state index contributed by atoms with van der Waals surface area (Å²) in [4.78, 5) is 10.7. The molecule has 0 heterocycles. The van der Waals surface area contributed by atoms with Gasteiger partial charge >= 0.3 is 0 Å². The molecule has 3 nitrogen and oxygen atoms in total. The van der Waals surface area contributed by atoms with Gasteiger partial charge in [-0.2, -0.15) is 0 Å². The van der Waals surface area contributed by atoms with Crippen molar-refractivity contribution in [3.05, 3.63) is 29.8 Å². The van der Waals surface area contributed by atoms with Crippen LogP contribution in [0.25, 0.3) is 0 Å². The molecule has 0 radical (unpaired) electrons. The van der Waals surface area contributed by atoms with Crippen molar-refractivity contribution in [3.63, 3.8) is 0 Å². The third kappa shape index (κ3) is 2.62. The molecule has 0 aliphatic carbocycles. The van der Waals surface area contributed by atoms with Crippen LogP contribution in [0.4, 0.5) is 5.69 Å². The molecule has 3 heteroatoms. The highest BCUT2D eigenvalue weighted by molar-refractivity contribution is 6.03. The van der Waals surface area contributed by atoms with Crippen LogP contribution in [0.5, 0.6) is 0 Å². The van der Waals surface area contributed by atoms with E-state index in [2.05, 4.69) is 5.32 Å². The van der Waals surface area contributed by atoms with Gasteiger partial charge in [0.2, 0.25) is 0 Å². The van der Waals surface area contributed by atoms with Gasteiger partial charge in [0.15, 0.2) is 0 Å². The summed E-state index contributed by atoms with van der Waals surface area (Å²) in [5, 5.41) is 11.2. The van der Waals surface area contributed by atoms with Crippen molar-refractivity contribution in [3.8, 4) is 12.3 Å². The number of aliphatic hydroxyl groups is 1. The van der Waals surface area contributed by atoms with Crippen molar-refractivity contribution in [1.29, 1.82) is 0 Å². The Morgan fingerprint density at radius 3 is 2.54 bits per heavy atom. The number of hydrogen-bond donors (Lipinski definition) is 2. The lowest BCUT2D eigenvalue weighted by Crippen LogP contribution is -2.07. The largest absolute Gasteiger partial charge is 0.392 e. The number of hydrogen-bond acceptors (Lipinski definition) is 2. The van der Waals surface area contributed by atoms with E-state index in [0.29, 0.717) is 5.69 Å².